The van der Waals surface area contributed by atoms with Gasteiger partial charge in [-0.1, -0.05) is 12.1 Å². The Morgan fingerprint density at radius 1 is 1.07 bits per heavy atom. The third-order valence-electron chi connectivity index (χ3n) is 4.07. The average Bonchev–Trinajstić information content (AvgIpc) is 2.66. The molecule has 0 saturated carbocycles. The van der Waals surface area contributed by atoms with Crippen molar-refractivity contribution >= 4 is 17.5 Å². The van der Waals surface area contributed by atoms with E-state index in [9.17, 15) is 9.59 Å². The van der Waals surface area contributed by atoms with Gasteiger partial charge in [-0.3, -0.25) is 9.59 Å². The number of nitrogens with zero attached hydrogens (tertiary/aromatic N) is 1. The van der Waals surface area contributed by atoms with Crippen LogP contribution in [0, 0.1) is 0 Å². The summed E-state index contributed by atoms with van der Waals surface area (Å²) in [4.78, 5) is 25.8. The first-order chi connectivity index (χ1) is 13.4. The number of carbonyl (C=O) groups is 2. The molecule has 0 aliphatic heterocycles. The first kappa shape index (κ1) is 21.3. The van der Waals surface area contributed by atoms with Gasteiger partial charge in [0.2, 0.25) is 11.8 Å². The van der Waals surface area contributed by atoms with Gasteiger partial charge in [0.05, 0.1) is 13.2 Å². The maximum Gasteiger partial charge on any atom is 0.240 e. The van der Waals surface area contributed by atoms with Crippen molar-refractivity contribution in [2.75, 3.05) is 25.1 Å². The largest absolute Gasteiger partial charge is 0.497 e. The molecule has 0 unspecified atom stereocenters. The standard InChI is InChI=1S/C22H28N2O4/c1-16(2)28-20-10-8-19(9-11-20)24(17(3)25)15-22(26)23-13-12-18-6-5-7-21(14-18)27-4/h5-11,14,16H,12-13,15H2,1-4H3,(H,23,26). The van der Waals surface area contributed by atoms with Gasteiger partial charge in [-0.25, -0.2) is 0 Å². The second-order valence-corrected chi connectivity index (χ2v) is 6.72. The van der Waals surface area contributed by atoms with Crippen molar-refractivity contribution in [3.63, 3.8) is 0 Å². The second kappa shape index (κ2) is 10.3. The van der Waals surface area contributed by atoms with E-state index in [4.69, 9.17) is 9.47 Å². The molecule has 0 aliphatic rings. The maximum atomic E-state index is 12.3. The Labute approximate surface area is 166 Å². The minimum absolute atomic E-state index is 0.0299. The Morgan fingerprint density at radius 2 is 1.79 bits per heavy atom. The zero-order valence-corrected chi connectivity index (χ0v) is 16.9. The van der Waals surface area contributed by atoms with Gasteiger partial charge in [0.15, 0.2) is 0 Å². The smallest absolute Gasteiger partial charge is 0.240 e. The summed E-state index contributed by atoms with van der Waals surface area (Å²) in [5, 5.41) is 2.86. The van der Waals surface area contributed by atoms with E-state index in [0.717, 1.165) is 17.1 Å². The van der Waals surface area contributed by atoms with E-state index in [2.05, 4.69) is 5.32 Å². The lowest BCUT2D eigenvalue weighted by molar-refractivity contribution is -0.123. The fourth-order valence-electron chi connectivity index (χ4n) is 2.73. The summed E-state index contributed by atoms with van der Waals surface area (Å²) >= 11 is 0. The van der Waals surface area contributed by atoms with E-state index < -0.39 is 0 Å². The van der Waals surface area contributed by atoms with Crippen LogP contribution in [0.3, 0.4) is 0 Å². The highest BCUT2D eigenvalue weighted by Gasteiger charge is 2.16. The number of rotatable bonds is 9. The fourth-order valence-corrected chi connectivity index (χ4v) is 2.73. The summed E-state index contributed by atoms with van der Waals surface area (Å²) in [6.07, 6.45) is 0.759. The zero-order chi connectivity index (χ0) is 20.5. The summed E-state index contributed by atoms with van der Waals surface area (Å²) in [6.45, 7) is 5.80. The molecule has 0 atom stereocenters. The molecule has 0 radical (unpaired) electrons. The highest BCUT2D eigenvalue weighted by molar-refractivity contribution is 5.97. The molecular formula is C22H28N2O4. The summed E-state index contributed by atoms with van der Waals surface area (Å²) in [7, 11) is 1.62. The Bertz CT molecular complexity index is 787. The minimum Gasteiger partial charge on any atom is -0.497 e. The Kier molecular flexibility index (Phi) is 7.87. The molecule has 2 amide bonds. The van der Waals surface area contributed by atoms with Crippen molar-refractivity contribution in [1.29, 1.82) is 0 Å². The van der Waals surface area contributed by atoms with Crippen LogP contribution in [-0.4, -0.2) is 38.1 Å². The van der Waals surface area contributed by atoms with Gasteiger partial charge in [-0.05, 0) is 62.2 Å². The van der Waals surface area contributed by atoms with Crippen LogP contribution >= 0.6 is 0 Å². The first-order valence-corrected chi connectivity index (χ1v) is 9.33. The molecule has 0 fully saturated rings. The lowest BCUT2D eigenvalue weighted by Gasteiger charge is -2.21. The van der Waals surface area contributed by atoms with Gasteiger partial charge in [0.25, 0.3) is 0 Å². The van der Waals surface area contributed by atoms with Gasteiger partial charge in [0.1, 0.15) is 18.0 Å². The molecular weight excluding hydrogens is 356 g/mol. The van der Waals surface area contributed by atoms with Crippen LogP contribution in [-0.2, 0) is 16.0 Å². The van der Waals surface area contributed by atoms with Crippen molar-refractivity contribution < 1.29 is 19.1 Å². The van der Waals surface area contributed by atoms with E-state index in [0.29, 0.717) is 18.7 Å². The molecule has 0 aromatic heterocycles. The number of amides is 2. The monoisotopic (exact) mass is 384 g/mol. The number of methoxy groups -OCH3 is 1. The third kappa shape index (κ3) is 6.61. The number of ether oxygens (including phenoxy) is 2. The van der Waals surface area contributed by atoms with Crippen molar-refractivity contribution in [3.05, 3.63) is 54.1 Å². The fraction of sp³-hybridized carbons (Fsp3) is 0.364. The summed E-state index contributed by atoms with van der Waals surface area (Å²) in [6, 6.07) is 14.9. The van der Waals surface area contributed by atoms with E-state index >= 15 is 0 Å². The van der Waals surface area contributed by atoms with Crippen molar-refractivity contribution in [2.24, 2.45) is 0 Å². The maximum absolute atomic E-state index is 12.3. The predicted molar refractivity (Wildman–Crippen MR) is 110 cm³/mol. The molecule has 0 spiro atoms. The second-order valence-electron chi connectivity index (χ2n) is 6.72. The van der Waals surface area contributed by atoms with E-state index in [1.807, 2.05) is 38.1 Å². The topological polar surface area (TPSA) is 67.9 Å². The lowest BCUT2D eigenvalue weighted by Crippen LogP contribution is -2.40. The Balaban J connectivity index is 1.90. The lowest BCUT2D eigenvalue weighted by atomic mass is 10.1. The van der Waals surface area contributed by atoms with Gasteiger partial charge in [-0.15, -0.1) is 0 Å². The van der Waals surface area contributed by atoms with Crippen LogP contribution < -0.4 is 19.7 Å². The first-order valence-electron chi connectivity index (χ1n) is 9.33. The number of hydrogen-bond acceptors (Lipinski definition) is 4. The summed E-state index contributed by atoms with van der Waals surface area (Å²) in [5.41, 5.74) is 1.73. The molecule has 150 valence electrons. The van der Waals surface area contributed by atoms with E-state index in [1.54, 1.807) is 31.4 Å². The van der Waals surface area contributed by atoms with Crippen molar-refractivity contribution in [1.82, 2.24) is 5.32 Å². The van der Waals surface area contributed by atoms with Gasteiger partial charge < -0.3 is 19.7 Å². The SMILES string of the molecule is COc1cccc(CCNC(=O)CN(C(C)=O)c2ccc(OC(C)C)cc2)c1. The van der Waals surface area contributed by atoms with Crippen LogP contribution in [0.15, 0.2) is 48.5 Å². The molecule has 0 bridgehead atoms. The molecule has 28 heavy (non-hydrogen) atoms. The zero-order valence-electron chi connectivity index (χ0n) is 16.9. The Hall–Kier alpha value is -3.02. The molecule has 2 rings (SSSR count). The molecule has 2 aromatic carbocycles. The van der Waals surface area contributed by atoms with Gasteiger partial charge >= 0.3 is 0 Å². The van der Waals surface area contributed by atoms with Crippen LogP contribution in [0.4, 0.5) is 5.69 Å². The average molecular weight is 384 g/mol. The van der Waals surface area contributed by atoms with E-state index in [1.165, 1.54) is 11.8 Å². The molecule has 0 aliphatic carbocycles. The number of carbonyl (C=O) groups excluding carboxylic acids is 2. The molecule has 6 nitrogen and oxygen atoms in total. The Morgan fingerprint density at radius 3 is 2.39 bits per heavy atom. The van der Waals surface area contributed by atoms with Crippen LogP contribution in [0.25, 0.3) is 0 Å². The van der Waals surface area contributed by atoms with Crippen LogP contribution in [0.5, 0.6) is 11.5 Å². The molecule has 0 saturated heterocycles. The van der Waals surface area contributed by atoms with Crippen molar-refractivity contribution in [2.45, 2.75) is 33.3 Å². The molecule has 0 heterocycles. The van der Waals surface area contributed by atoms with Crippen LogP contribution in [0.1, 0.15) is 26.3 Å². The summed E-state index contributed by atoms with van der Waals surface area (Å²) < 4.78 is 10.8. The highest BCUT2D eigenvalue weighted by Crippen LogP contribution is 2.20. The number of nitrogens with one attached hydrogen (secondary N) is 1. The third-order valence-corrected chi connectivity index (χ3v) is 4.07. The molecule has 1 N–H and O–H groups in total. The van der Waals surface area contributed by atoms with Crippen LogP contribution in [0.2, 0.25) is 0 Å². The molecule has 2 aromatic rings. The van der Waals surface area contributed by atoms with E-state index in [-0.39, 0.29) is 24.5 Å². The number of benzene rings is 2. The number of hydrogen-bond donors (Lipinski definition) is 1. The van der Waals surface area contributed by atoms with Crippen molar-refractivity contribution in [3.8, 4) is 11.5 Å². The molecule has 6 heteroatoms. The normalized spacial score (nSPS) is 10.5. The van der Waals surface area contributed by atoms with Gasteiger partial charge in [-0.2, -0.15) is 0 Å². The van der Waals surface area contributed by atoms with Gasteiger partial charge in [0, 0.05) is 19.2 Å². The predicted octanol–water partition coefficient (Wildman–Crippen LogP) is 3.19. The highest BCUT2D eigenvalue weighted by atomic mass is 16.5. The quantitative estimate of drug-likeness (QED) is 0.721. The minimum atomic E-state index is -0.208. The number of anilines is 1. The summed E-state index contributed by atoms with van der Waals surface area (Å²) in [5.74, 6) is 1.11.